The van der Waals surface area contributed by atoms with E-state index in [4.69, 9.17) is 0 Å². The number of alkyl halides is 3. The van der Waals surface area contributed by atoms with Crippen LogP contribution >= 0.6 is 0 Å². The molecule has 0 aromatic heterocycles. The van der Waals surface area contributed by atoms with Crippen LogP contribution in [0.2, 0.25) is 0 Å². The Bertz CT molecular complexity index is 910. The average molecular weight is 402 g/mol. The second-order valence-corrected chi connectivity index (χ2v) is 6.90. The van der Waals surface area contributed by atoms with Crippen molar-refractivity contribution in [1.82, 2.24) is 10.2 Å². The second-order valence-electron chi connectivity index (χ2n) is 6.90. The van der Waals surface area contributed by atoms with E-state index < -0.39 is 30.6 Å². The zero-order chi connectivity index (χ0) is 21.0. The number of fused-ring (bicyclic) bond motifs is 1. The van der Waals surface area contributed by atoms with Crippen LogP contribution in [0.15, 0.2) is 60.8 Å². The first-order chi connectivity index (χ1) is 13.8. The third-order valence-electron chi connectivity index (χ3n) is 4.95. The van der Waals surface area contributed by atoms with Crippen LogP contribution in [0.1, 0.15) is 42.0 Å². The SMILES string of the molecule is CC(=O)N1C=Cc2ccccc2[C@@H]1CC(=O)NC[C@H](c1ccccc1)C(F)(F)F. The first-order valence-electron chi connectivity index (χ1n) is 9.21. The summed E-state index contributed by atoms with van der Waals surface area (Å²) in [7, 11) is 0. The number of hydrogen-bond donors (Lipinski definition) is 1. The number of benzene rings is 2. The molecule has 0 bridgehead atoms. The zero-order valence-electron chi connectivity index (χ0n) is 15.8. The van der Waals surface area contributed by atoms with E-state index in [9.17, 15) is 22.8 Å². The van der Waals surface area contributed by atoms with Gasteiger partial charge in [0.2, 0.25) is 11.8 Å². The summed E-state index contributed by atoms with van der Waals surface area (Å²) in [5.74, 6) is -2.59. The molecule has 0 unspecified atom stereocenters. The number of carbonyl (C=O) groups excluding carboxylic acids is 2. The van der Waals surface area contributed by atoms with Crippen LogP contribution < -0.4 is 5.32 Å². The van der Waals surface area contributed by atoms with Crippen molar-refractivity contribution in [2.24, 2.45) is 0 Å². The molecule has 0 saturated carbocycles. The molecule has 152 valence electrons. The highest BCUT2D eigenvalue weighted by atomic mass is 19.4. The Balaban J connectivity index is 1.73. The fraction of sp³-hybridized carbons (Fsp3) is 0.273. The highest BCUT2D eigenvalue weighted by Crippen LogP contribution is 2.35. The quantitative estimate of drug-likeness (QED) is 0.805. The number of halogens is 3. The van der Waals surface area contributed by atoms with Gasteiger partial charge in [0.15, 0.2) is 0 Å². The van der Waals surface area contributed by atoms with Crippen LogP contribution in [0.4, 0.5) is 13.2 Å². The van der Waals surface area contributed by atoms with Crippen molar-refractivity contribution in [2.45, 2.75) is 31.5 Å². The molecule has 1 aliphatic heterocycles. The number of amides is 2. The van der Waals surface area contributed by atoms with Crippen molar-refractivity contribution in [3.63, 3.8) is 0 Å². The Morgan fingerprint density at radius 1 is 1.07 bits per heavy atom. The van der Waals surface area contributed by atoms with Crippen LogP contribution in [0.25, 0.3) is 6.08 Å². The molecular weight excluding hydrogens is 381 g/mol. The molecule has 2 amide bonds. The monoisotopic (exact) mass is 402 g/mol. The van der Waals surface area contributed by atoms with E-state index >= 15 is 0 Å². The van der Waals surface area contributed by atoms with Crippen molar-refractivity contribution < 1.29 is 22.8 Å². The molecule has 0 fully saturated rings. The van der Waals surface area contributed by atoms with Crippen LogP contribution in [0.5, 0.6) is 0 Å². The number of hydrogen-bond acceptors (Lipinski definition) is 2. The normalized spacial score (nSPS) is 16.8. The topological polar surface area (TPSA) is 49.4 Å². The number of nitrogens with one attached hydrogen (secondary N) is 1. The van der Waals surface area contributed by atoms with Gasteiger partial charge in [-0.3, -0.25) is 9.59 Å². The third kappa shape index (κ3) is 4.85. The van der Waals surface area contributed by atoms with Crippen LogP contribution in [-0.4, -0.2) is 29.4 Å². The summed E-state index contributed by atoms with van der Waals surface area (Å²) < 4.78 is 40.4. The Morgan fingerprint density at radius 3 is 2.38 bits per heavy atom. The van der Waals surface area contributed by atoms with E-state index in [0.29, 0.717) is 0 Å². The van der Waals surface area contributed by atoms with Gasteiger partial charge in [0, 0.05) is 19.7 Å². The summed E-state index contributed by atoms with van der Waals surface area (Å²) >= 11 is 0. The second kappa shape index (κ2) is 8.51. The molecule has 2 aromatic rings. The summed E-state index contributed by atoms with van der Waals surface area (Å²) in [6, 6.07) is 14.3. The van der Waals surface area contributed by atoms with Gasteiger partial charge in [-0.2, -0.15) is 13.2 Å². The molecule has 3 rings (SSSR count). The fourth-order valence-corrected chi connectivity index (χ4v) is 3.48. The molecule has 0 saturated heterocycles. The standard InChI is InChI=1S/C22H21F3N2O2/c1-15(28)27-12-11-16-7-5-6-10-18(16)20(27)13-21(29)26-14-19(22(23,24)25)17-8-3-2-4-9-17/h2-12,19-20H,13-14H2,1H3,(H,26,29)/t19-,20+/m1/s1. The van der Waals surface area contributed by atoms with Gasteiger partial charge in [0.25, 0.3) is 0 Å². The Hall–Kier alpha value is -3.09. The predicted molar refractivity (Wildman–Crippen MR) is 104 cm³/mol. The van der Waals surface area contributed by atoms with Crippen molar-refractivity contribution in [2.75, 3.05) is 6.54 Å². The van der Waals surface area contributed by atoms with E-state index in [2.05, 4.69) is 5.32 Å². The number of carbonyl (C=O) groups is 2. The molecule has 4 nitrogen and oxygen atoms in total. The summed E-state index contributed by atoms with van der Waals surface area (Å²) in [5, 5.41) is 2.40. The minimum atomic E-state index is -4.49. The first-order valence-corrected chi connectivity index (χ1v) is 9.21. The van der Waals surface area contributed by atoms with Crippen LogP contribution in [0, 0.1) is 0 Å². The average Bonchev–Trinajstić information content (AvgIpc) is 2.68. The van der Waals surface area contributed by atoms with E-state index in [1.165, 1.54) is 36.1 Å². The highest BCUT2D eigenvalue weighted by molar-refractivity contribution is 5.81. The highest BCUT2D eigenvalue weighted by Gasteiger charge is 2.41. The summed E-state index contributed by atoms with van der Waals surface area (Å²) in [4.78, 5) is 25.9. The van der Waals surface area contributed by atoms with E-state index in [1.807, 2.05) is 18.2 Å². The van der Waals surface area contributed by atoms with Gasteiger partial charge in [-0.05, 0) is 22.8 Å². The fourth-order valence-electron chi connectivity index (χ4n) is 3.48. The lowest BCUT2D eigenvalue weighted by molar-refractivity contribution is -0.150. The largest absolute Gasteiger partial charge is 0.397 e. The Kier molecular flexibility index (Phi) is 6.06. The van der Waals surface area contributed by atoms with Gasteiger partial charge < -0.3 is 10.2 Å². The summed E-state index contributed by atoms with van der Waals surface area (Å²) in [6.45, 7) is 0.828. The van der Waals surface area contributed by atoms with E-state index in [0.717, 1.165) is 11.1 Å². The number of rotatable bonds is 5. The van der Waals surface area contributed by atoms with Gasteiger partial charge >= 0.3 is 6.18 Å². The molecule has 0 aliphatic carbocycles. The minimum Gasteiger partial charge on any atom is -0.355 e. The maximum Gasteiger partial charge on any atom is 0.397 e. The van der Waals surface area contributed by atoms with Gasteiger partial charge in [-0.25, -0.2) is 0 Å². The minimum absolute atomic E-state index is 0.0941. The molecule has 1 aliphatic rings. The van der Waals surface area contributed by atoms with Crippen molar-refractivity contribution in [1.29, 1.82) is 0 Å². The van der Waals surface area contributed by atoms with Gasteiger partial charge in [0.05, 0.1) is 18.4 Å². The van der Waals surface area contributed by atoms with Crippen molar-refractivity contribution >= 4 is 17.9 Å². The first kappa shape index (κ1) is 20.6. The molecule has 7 heteroatoms. The lowest BCUT2D eigenvalue weighted by atomic mass is 9.93. The van der Waals surface area contributed by atoms with Crippen molar-refractivity contribution in [3.8, 4) is 0 Å². The Labute approximate surface area is 167 Å². The van der Waals surface area contributed by atoms with Crippen molar-refractivity contribution in [3.05, 3.63) is 77.5 Å². The van der Waals surface area contributed by atoms with Crippen LogP contribution in [-0.2, 0) is 9.59 Å². The van der Waals surface area contributed by atoms with Gasteiger partial charge in [-0.15, -0.1) is 0 Å². The predicted octanol–water partition coefficient (Wildman–Crippen LogP) is 4.41. The van der Waals surface area contributed by atoms with Gasteiger partial charge in [0.1, 0.15) is 0 Å². The smallest absolute Gasteiger partial charge is 0.355 e. The van der Waals surface area contributed by atoms with Crippen LogP contribution in [0.3, 0.4) is 0 Å². The molecular formula is C22H21F3N2O2. The summed E-state index contributed by atoms with van der Waals surface area (Å²) in [6.07, 6.45) is -1.23. The summed E-state index contributed by atoms with van der Waals surface area (Å²) in [5.41, 5.74) is 1.76. The molecule has 0 spiro atoms. The molecule has 1 heterocycles. The molecule has 2 aromatic carbocycles. The maximum absolute atomic E-state index is 13.5. The molecule has 2 atom stereocenters. The molecule has 0 radical (unpaired) electrons. The van der Waals surface area contributed by atoms with Gasteiger partial charge in [-0.1, -0.05) is 54.6 Å². The number of nitrogens with zero attached hydrogens (tertiary/aromatic N) is 1. The molecule has 1 N–H and O–H groups in total. The Morgan fingerprint density at radius 2 is 1.72 bits per heavy atom. The molecule has 29 heavy (non-hydrogen) atoms. The zero-order valence-corrected chi connectivity index (χ0v) is 15.8. The maximum atomic E-state index is 13.5. The van der Waals surface area contributed by atoms with E-state index in [1.54, 1.807) is 24.4 Å². The van der Waals surface area contributed by atoms with E-state index in [-0.39, 0.29) is 17.9 Å². The third-order valence-corrected chi connectivity index (χ3v) is 4.95. The lowest BCUT2D eigenvalue weighted by Gasteiger charge is -2.32. The lowest BCUT2D eigenvalue weighted by Crippen LogP contribution is -2.38.